The minimum atomic E-state index is 0.390. The van der Waals surface area contributed by atoms with E-state index in [1.807, 2.05) is 7.05 Å². The van der Waals surface area contributed by atoms with Crippen molar-refractivity contribution in [1.82, 2.24) is 15.5 Å². The van der Waals surface area contributed by atoms with Gasteiger partial charge in [-0.1, -0.05) is 19.8 Å². The van der Waals surface area contributed by atoms with Crippen LogP contribution in [0.4, 0.5) is 0 Å². The maximum atomic E-state index is 5.34. The Labute approximate surface area is 155 Å². The Morgan fingerprint density at radius 3 is 2.68 bits per heavy atom. The number of hydrogen-bond donors (Lipinski definition) is 2. The molecular weight excluding hydrogens is 312 g/mol. The fraction of sp³-hybridized carbons (Fsp3) is 0.950. The summed E-state index contributed by atoms with van der Waals surface area (Å²) in [7, 11) is 3.68. The largest absolute Gasteiger partial charge is 0.385 e. The predicted octanol–water partition coefficient (Wildman–Crippen LogP) is 2.87. The zero-order valence-electron chi connectivity index (χ0n) is 16.9. The molecule has 5 heteroatoms. The van der Waals surface area contributed by atoms with E-state index >= 15 is 0 Å². The van der Waals surface area contributed by atoms with E-state index < -0.39 is 0 Å². The van der Waals surface area contributed by atoms with E-state index in [4.69, 9.17) is 4.74 Å². The standard InChI is InChI=1S/C20H40N4O/c1-17-8-7-12-24(15-17)18(2)14-22-19(21-3)23-16-20(11-13-25-4)9-5-6-10-20/h17-18H,5-16H2,1-4H3,(H2,21,22,23). The van der Waals surface area contributed by atoms with Crippen molar-refractivity contribution in [2.75, 3.05) is 46.9 Å². The molecule has 0 aromatic heterocycles. The van der Waals surface area contributed by atoms with Gasteiger partial charge in [0.15, 0.2) is 5.96 Å². The highest BCUT2D eigenvalue weighted by atomic mass is 16.5. The van der Waals surface area contributed by atoms with Crippen molar-refractivity contribution < 1.29 is 4.74 Å². The minimum Gasteiger partial charge on any atom is -0.385 e. The van der Waals surface area contributed by atoms with Crippen LogP contribution in [0.25, 0.3) is 0 Å². The van der Waals surface area contributed by atoms with Gasteiger partial charge in [-0.25, -0.2) is 0 Å². The smallest absolute Gasteiger partial charge is 0.191 e. The maximum absolute atomic E-state index is 5.34. The first-order chi connectivity index (χ1) is 12.1. The van der Waals surface area contributed by atoms with Crippen LogP contribution >= 0.6 is 0 Å². The monoisotopic (exact) mass is 352 g/mol. The van der Waals surface area contributed by atoms with Crippen LogP contribution in [0, 0.1) is 11.3 Å². The molecule has 2 rings (SSSR count). The van der Waals surface area contributed by atoms with Crippen molar-refractivity contribution in [2.45, 2.75) is 64.8 Å². The lowest BCUT2D eigenvalue weighted by Crippen LogP contribution is -2.49. The molecule has 1 saturated carbocycles. The highest BCUT2D eigenvalue weighted by Gasteiger charge is 2.33. The van der Waals surface area contributed by atoms with Gasteiger partial charge in [0, 0.05) is 46.4 Å². The summed E-state index contributed by atoms with van der Waals surface area (Å²) in [6.45, 7) is 9.98. The molecule has 2 N–H and O–H groups in total. The van der Waals surface area contributed by atoms with Crippen molar-refractivity contribution in [2.24, 2.45) is 16.3 Å². The van der Waals surface area contributed by atoms with Gasteiger partial charge in [-0.05, 0) is 56.9 Å². The molecule has 0 radical (unpaired) electrons. The van der Waals surface area contributed by atoms with E-state index in [1.165, 1.54) is 51.6 Å². The van der Waals surface area contributed by atoms with E-state index in [1.54, 1.807) is 7.11 Å². The van der Waals surface area contributed by atoms with Crippen LogP contribution in [0.15, 0.2) is 4.99 Å². The molecule has 146 valence electrons. The number of methoxy groups -OCH3 is 1. The number of guanidine groups is 1. The molecule has 5 nitrogen and oxygen atoms in total. The molecule has 1 saturated heterocycles. The van der Waals surface area contributed by atoms with Crippen molar-refractivity contribution in [3.05, 3.63) is 0 Å². The molecular formula is C20H40N4O. The molecule has 25 heavy (non-hydrogen) atoms. The number of likely N-dealkylation sites (tertiary alicyclic amines) is 1. The van der Waals surface area contributed by atoms with E-state index in [0.717, 1.165) is 38.0 Å². The van der Waals surface area contributed by atoms with Crippen molar-refractivity contribution >= 4 is 5.96 Å². The zero-order chi connectivity index (χ0) is 18.1. The molecule has 1 aliphatic heterocycles. The number of piperidine rings is 1. The Morgan fingerprint density at radius 1 is 1.28 bits per heavy atom. The Hall–Kier alpha value is -0.810. The second-order valence-corrected chi connectivity index (χ2v) is 8.35. The first-order valence-electron chi connectivity index (χ1n) is 10.3. The van der Waals surface area contributed by atoms with Gasteiger partial charge in [0.1, 0.15) is 0 Å². The normalized spacial score (nSPS) is 25.8. The molecule has 2 fully saturated rings. The van der Waals surface area contributed by atoms with Crippen molar-refractivity contribution in [3.63, 3.8) is 0 Å². The van der Waals surface area contributed by atoms with Crippen LogP contribution in [0.5, 0.6) is 0 Å². The molecule has 2 atom stereocenters. The summed E-state index contributed by atoms with van der Waals surface area (Å²) in [5, 5.41) is 7.14. The SMILES string of the molecule is CN=C(NCC(C)N1CCCC(C)C1)NCC1(CCOC)CCCC1. The van der Waals surface area contributed by atoms with Gasteiger partial charge in [0.25, 0.3) is 0 Å². The number of rotatable bonds is 8. The average molecular weight is 353 g/mol. The Kier molecular flexibility index (Phi) is 8.50. The molecule has 1 heterocycles. The minimum absolute atomic E-state index is 0.390. The van der Waals surface area contributed by atoms with E-state index in [0.29, 0.717) is 11.5 Å². The number of nitrogens with one attached hydrogen (secondary N) is 2. The predicted molar refractivity (Wildman–Crippen MR) is 106 cm³/mol. The number of aliphatic imine (C=N–C) groups is 1. The number of ether oxygens (including phenoxy) is 1. The van der Waals surface area contributed by atoms with Gasteiger partial charge in [-0.2, -0.15) is 0 Å². The second kappa shape index (κ2) is 10.4. The third-order valence-corrected chi connectivity index (χ3v) is 6.23. The average Bonchev–Trinajstić information content (AvgIpc) is 3.09. The van der Waals surface area contributed by atoms with Crippen LogP contribution in [-0.2, 0) is 4.74 Å². The van der Waals surface area contributed by atoms with E-state index in [-0.39, 0.29) is 0 Å². The van der Waals surface area contributed by atoms with Gasteiger partial charge in [0.05, 0.1) is 0 Å². The number of hydrogen-bond acceptors (Lipinski definition) is 3. The fourth-order valence-corrected chi connectivity index (χ4v) is 4.45. The second-order valence-electron chi connectivity index (χ2n) is 8.35. The lowest BCUT2D eigenvalue weighted by Gasteiger charge is -2.36. The zero-order valence-corrected chi connectivity index (χ0v) is 16.9. The summed E-state index contributed by atoms with van der Waals surface area (Å²) in [6.07, 6.45) is 9.17. The van der Waals surface area contributed by atoms with Crippen LogP contribution in [-0.4, -0.2) is 63.8 Å². The van der Waals surface area contributed by atoms with Crippen LogP contribution in [0.1, 0.15) is 58.8 Å². The highest BCUT2D eigenvalue weighted by Crippen LogP contribution is 2.40. The van der Waals surface area contributed by atoms with Gasteiger partial charge < -0.3 is 15.4 Å². The topological polar surface area (TPSA) is 48.9 Å². The first kappa shape index (κ1) is 20.5. The molecule has 0 amide bonds. The van der Waals surface area contributed by atoms with Crippen LogP contribution in [0.2, 0.25) is 0 Å². The summed E-state index contributed by atoms with van der Waals surface area (Å²) < 4.78 is 5.34. The molecule has 0 aromatic carbocycles. The Bertz CT molecular complexity index is 407. The molecule has 0 bridgehead atoms. The van der Waals surface area contributed by atoms with Gasteiger partial charge in [-0.15, -0.1) is 0 Å². The summed E-state index contributed by atoms with van der Waals surface area (Å²) in [4.78, 5) is 7.05. The van der Waals surface area contributed by atoms with E-state index in [9.17, 15) is 0 Å². The number of nitrogens with zero attached hydrogens (tertiary/aromatic N) is 2. The lowest BCUT2D eigenvalue weighted by molar-refractivity contribution is 0.136. The van der Waals surface area contributed by atoms with Gasteiger partial charge in [-0.3, -0.25) is 9.89 Å². The van der Waals surface area contributed by atoms with Gasteiger partial charge in [0.2, 0.25) is 0 Å². The maximum Gasteiger partial charge on any atom is 0.191 e. The molecule has 1 aliphatic carbocycles. The quantitative estimate of drug-likeness (QED) is 0.521. The molecule has 2 aliphatic rings. The van der Waals surface area contributed by atoms with Crippen molar-refractivity contribution in [1.29, 1.82) is 0 Å². The summed E-state index contributed by atoms with van der Waals surface area (Å²) in [5.41, 5.74) is 0.390. The van der Waals surface area contributed by atoms with Crippen LogP contribution in [0.3, 0.4) is 0 Å². The van der Waals surface area contributed by atoms with Gasteiger partial charge >= 0.3 is 0 Å². The highest BCUT2D eigenvalue weighted by molar-refractivity contribution is 5.79. The van der Waals surface area contributed by atoms with E-state index in [2.05, 4.69) is 34.4 Å². The summed E-state index contributed by atoms with van der Waals surface area (Å²) in [6, 6.07) is 0.551. The summed E-state index contributed by atoms with van der Waals surface area (Å²) in [5.74, 6) is 1.78. The third-order valence-electron chi connectivity index (χ3n) is 6.23. The fourth-order valence-electron chi connectivity index (χ4n) is 4.45. The first-order valence-corrected chi connectivity index (χ1v) is 10.3. The molecule has 0 aromatic rings. The molecule has 0 spiro atoms. The van der Waals surface area contributed by atoms with Crippen molar-refractivity contribution in [3.8, 4) is 0 Å². The third kappa shape index (κ3) is 6.45. The Balaban J connectivity index is 1.76. The summed E-state index contributed by atoms with van der Waals surface area (Å²) >= 11 is 0. The molecule has 2 unspecified atom stereocenters. The lowest BCUT2D eigenvalue weighted by atomic mass is 9.83. The Morgan fingerprint density at radius 2 is 2.04 bits per heavy atom. The van der Waals surface area contributed by atoms with Crippen LogP contribution < -0.4 is 10.6 Å².